The fraction of sp³-hybridized carbons (Fsp3) is 0.143. The molecule has 0 bridgehead atoms. The summed E-state index contributed by atoms with van der Waals surface area (Å²) >= 11 is 0. The molecule has 0 heterocycles. The van der Waals surface area contributed by atoms with E-state index < -0.39 is 7.37 Å². The van der Waals surface area contributed by atoms with Crippen molar-refractivity contribution < 1.29 is 9.46 Å². The fourth-order valence-corrected chi connectivity index (χ4v) is 4.74. The number of benzene rings is 3. The van der Waals surface area contributed by atoms with Crippen LogP contribution in [-0.2, 0) is 17.4 Å². The maximum absolute atomic E-state index is 13.3. The number of rotatable bonds is 5. The summed E-state index contributed by atoms with van der Waals surface area (Å²) in [6.45, 7) is 2.08. The van der Waals surface area contributed by atoms with Crippen LogP contribution in [0.4, 0.5) is 0 Å². The molecule has 0 spiro atoms. The van der Waals surface area contributed by atoms with Crippen LogP contribution in [0, 0.1) is 0 Å². The minimum Gasteiger partial charge on any atom is -0.338 e. The molecule has 3 rings (SSSR count). The van der Waals surface area contributed by atoms with E-state index in [1.165, 1.54) is 0 Å². The molecule has 0 aliphatic rings. The molecule has 3 aromatic carbocycles. The van der Waals surface area contributed by atoms with Gasteiger partial charge < -0.3 is 4.89 Å². The minimum atomic E-state index is -3.61. The Bertz CT molecular complexity index is 858. The molecule has 0 radical (unpaired) electrons. The molecule has 0 fully saturated rings. The van der Waals surface area contributed by atoms with E-state index in [1.807, 2.05) is 36.4 Å². The van der Waals surface area contributed by atoms with E-state index in [0.29, 0.717) is 17.0 Å². The minimum absolute atomic E-state index is 0.479. The van der Waals surface area contributed by atoms with Crippen LogP contribution >= 0.6 is 7.37 Å². The zero-order chi connectivity index (χ0) is 17.0. The first-order chi connectivity index (χ1) is 11.6. The molecule has 122 valence electrons. The van der Waals surface area contributed by atoms with E-state index in [4.69, 9.17) is 0 Å². The molecule has 3 aromatic rings. The van der Waals surface area contributed by atoms with Gasteiger partial charge in [0.1, 0.15) is 0 Å². The Labute approximate surface area is 143 Å². The fourth-order valence-electron chi connectivity index (χ4n) is 3.01. The van der Waals surface area contributed by atoms with Crippen LogP contribution in [-0.4, -0.2) is 4.89 Å². The molecule has 2 nitrogen and oxygen atoms in total. The van der Waals surface area contributed by atoms with Crippen molar-refractivity contribution in [1.29, 1.82) is 0 Å². The highest BCUT2D eigenvalue weighted by atomic mass is 31.2. The van der Waals surface area contributed by atoms with Crippen LogP contribution in [0.1, 0.15) is 23.6 Å². The number of hydrogen-bond donors (Lipinski definition) is 1. The van der Waals surface area contributed by atoms with Crippen molar-refractivity contribution in [2.75, 3.05) is 0 Å². The van der Waals surface area contributed by atoms with Gasteiger partial charge in [0.2, 0.25) is 0 Å². The standard InChI is InChI=1S/C21H21O2P/c1-2-18-12-9-15-21(20(18)16-17-10-5-3-6-11-17)24(22,23)19-13-7-4-8-14-19/h3-15H,2,16H2,1H3,(H,22,23). The summed E-state index contributed by atoms with van der Waals surface area (Å²) in [6.07, 6.45) is 1.50. The Balaban J connectivity index is 2.13. The van der Waals surface area contributed by atoms with Gasteiger partial charge >= 0.3 is 0 Å². The summed E-state index contributed by atoms with van der Waals surface area (Å²) < 4.78 is 13.3. The van der Waals surface area contributed by atoms with Crippen molar-refractivity contribution >= 4 is 18.0 Å². The summed E-state index contributed by atoms with van der Waals surface area (Å²) in [4.78, 5) is 10.9. The Hall–Kier alpha value is -2.15. The van der Waals surface area contributed by atoms with Gasteiger partial charge in [-0.05, 0) is 47.7 Å². The molecular weight excluding hydrogens is 315 g/mol. The second-order valence-corrected chi connectivity index (χ2v) is 7.99. The highest BCUT2D eigenvalue weighted by molar-refractivity contribution is 7.73. The first-order valence-electron chi connectivity index (χ1n) is 8.16. The van der Waals surface area contributed by atoms with Gasteiger partial charge in [0, 0.05) is 10.6 Å². The van der Waals surface area contributed by atoms with Gasteiger partial charge in [0.15, 0.2) is 0 Å². The van der Waals surface area contributed by atoms with Crippen molar-refractivity contribution in [2.24, 2.45) is 0 Å². The highest BCUT2D eigenvalue weighted by Gasteiger charge is 2.27. The smallest absolute Gasteiger partial charge is 0.259 e. The number of aryl methyl sites for hydroxylation is 1. The molecule has 0 aromatic heterocycles. The molecule has 1 unspecified atom stereocenters. The van der Waals surface area contributed by atoms with Crippen LogP contribution in [0.3, 0.4) is 0 Å². The van der Waals surface area contributed by atoms with Gasteiger partial charge in [-0.15, -0.1) is 0 Å². The molecule has 0 aliphatic carbocycles. The van der Waals surface area contributed by atoms with E-state index in [-0.39, 0.29) is 0 Å². The third-order valence-electron chi connectivity index (χ3n) is 4.29. The predicted octanol–water partition coefficient (Wildman–Crippen LogP) is 4.06. The van der Waals surface area contributed by atoms with E-state index in [0.717, 1.165) is 23.1 Å². The summed E-state index contributed by atoms with van der Waals surface area (Å²) in [5, 5.41) is 1.03. The molecule has 1 N–H and O–H groups in total. The Kier molecular flexibility index (Phi) is 4.99. The van der Waals surface area contributed by atoms with Crippen molar-refractivity contribution in [3.05, 3.63) is 95.6 Å². The Morgan fingerprint density at radius 3 is 2.08 bits per heavy atom. The van der Waals surface area contributed by atoms with Crippen molar-refractivity contribution in [1.82, 2.24) is 0 Å². The topological polar surface area (TPSA) is 37.3 Å². The second-order valence-electron chi connectivity index (χ2n) is 5.84. The molecule has 0 aliphatic heterocycles. The van der Waals surface area contributed by atoms with Gasteiger partial charge in [-0.3, -0.25) is 4.57 Å². The maximum Gasteiger partial charge on any atom is 0.259 e. The van der Waals surface area contributed by atoms with E-state index >= 15 is 0 Å². The largest absolute Gasteiger partial charge is 0.338 e. The van der Waals surface area contributed by atoms with Gasteiger partial charge in [0.25, 0.3) is 7.37 Å². The third-order valence-corrected chi connectivity index (χ3v) is 6.36. The van der Waals surface area contributed by atoms with E-state index in [1.54, 1.807) is 30.3 Å². The van der Waals surface area contributed by atoms with Crippen LogP contribution in [0.25, 0.3) is 0 Å². The molecule has 0 amide bonds. The maximum atomic E-state index is 13.3. The van der Waals surface area contributed by atoms with Gasteiger partial charge in [-0.1, -0.05) is 67.6 Å². The molecular formula is C21H21O2P. The van der Waals surface area contributed by atoms with Gasteiger partial charge in [-0.2, -0.15) is 0 Å². The molecule has 3 heteroatoms. The van der Waals surface area contributed by atoms with Gasteiger partial charge in [-0.25, -0.2) is 0 Å². The van der Waals surface area contributed by atoms with Crippen LogP contribution < -0.4 is 10.6 Å². The average Bonchev–Trinajstić information content (AvgIpc) is 2.63. The third kappa shape index (κ3) is 3.36. The monoisotopic (exact) mass is 336 g/mol. The van der Waals surface area contributed by atoms with Crippen molar-refractivity contribution in [3.63, 3.8) is 0 Å². The Morgan fingerprint density at radius 1 is 0.833 bits per heavy atom. The normalized spacial score (nSPS) is 13.4. The number of hydrogen-bond acceptors (Lipinski definition) is 1. The zero-order valence-corrected chi connectivity index (χ0v) is 14.6. The zero-order valence-electron chi connectivity index (χ0n) is 13.7. The highest BCUT2D eigenvalue weighted by Crippen LogP contribution is 2.40. The first-order valence-corrected chi connectivity index (χ1v) is 9.82. The molecule has 24 heavy (non-hydrogen) atoms. The van der Waals surface area contributed by atoms with Crippen LogP contribution in [0.2, 0.25) is 0 Å². The second kappa shape index (κ2) is 7.17. The summed E-state index contributed by atoms with van der Waals surface area (Å²) in [6, 6.07) is 24.7. The lowest BCUT2D eigenvalue weighted by atomic mass is 9.98. The van der Waals surface area contributed by atoms with Crippen LogP contribution in [0.15, 0.2) is 78.9 Å². The van der Waals surface area contributed by atoms with E-state index in [9.17, 15) is 9.46 Å². The lowest BCUT2D eigenvalue weighted by Crippen LogP contribution is -2.21. The van der Waals surface area contributed by atoms with E-state index in [2.05, 4.69) is 19.1 Å². The van der Waals surface area contributed by atoms with Gasteiger partial charge in [0.05, 0.1) is 0 Å². The summed E-state index contributed by atoms with van der Waals surface area (Å²) in [7, 11) is -3.61. The average molecular weight is 336 g/mol. The SMILES string of the molecule is CCc1cccc(P(=O)(O)c2ccccc2)c1Cc1ccccc1. The molecule has 0 saturated carbocycles. The quantitative estimate of drug-likeness (QED) is 0.714. The molecule has 0 saturated heterocycles. The Morgan fingerprint density at radius 2 is 1.46 bits per heavy atom. The summed E-state index contributed by atoms with van der Waals surface area (Å²) in [5.41, 5.74) is 3.25. The van der Waals surface area contributed by atoms with Crippen molar-refractivity contribution in [2.45, 2.75) is 19.8 Å². The summed E-state index contributed by atoms with van der Waals surface area (Å²) in [5.74, 6) is 0. The molecule has 1 atom stereocenters. The first kappa shape index (κ1) is 16.7. The van der Waals surface area contributed by atoms with Crippen molar-refractivity contribution in [3.8, 4) is 0 Å². The predicted molar refractivity (Wildman–Crippen MR) is 101 cm³/mol. The lowest BCUT2D eigenvalue weighted by molar-refractivity contribution is 0.500. The lowest BCUT2D eigenvalue weighted by Gasteiger charge is -2.19. The van der Waals surface area contributed by atoms with Crippen LogP contribution in [0.5, 0.6) is 0 Å².